The van der Waals surface area contributed by atoms with Crippen LogP contribution in [0.5, 0.6) is 11.5 Å². The Hall–Kier alpha value is -1.86. The van der Waals surface area contributed by atoms with E-state index < -0.39 is 0 Å². The van der Waals surface area contributed by atoms with E-state index in [1.165, 1.54) is 24.4 Å². The van der Waals surface area contributed by atoms with Crippen molar-refractivity contribution < 1.29 is 14.9 Å². The molecule has 0 heterocycles. The van der Waals surface area contributed by atoms with Crippen LogP contribution in [0.2, 0.25) is 0 Å². The largest absolute Gasteiger partial charge is 0.508 e. The highest BCUT2D eigenvalue weighted by atomic mass is 32.1. The molecule has 1 aromatic carbocycles. The molecule has 0 fully saturated rings. The minimum atomic E-state index is -0.0567. The van der Waals surface area contributed by atoms with Gasteiger partial charge in [0.1, 0.15) is 11.5 Å². The van der Waals surface area contributed by atoms with E-state index in [-0.39, 0.29) is 11.5 Å². The lowest BCUT2D eigenvalue weighted by Gasteiger charge is -2.05. The zero-order chi connectivity index (χ0) is 13.4. The third-order valence-electron chi connectivity index (χ3n) is 1.98. The van der Waals surface area contributed by atoms with E-state index in [2.05, 4.69) is 15.8 Å². The van der Waals surface area contributed by atoms with Crippen molar-refractivity contribution >= 4 is 23.5 Å². The molecule has 18 heavy (non-hydrogen) atoms. The molecule has 0 bridgehead atoms. The summed E-state index contributed by atoms with van der Waals surface area (Å²) >= 11 is 4.94. The lowest BCUT2D eigenvalue weighted by Crippen LogP contribution is -2.34. The Balaban J connectivity index is 2.42. The number of aromatic hydroxyl groups is 2. The maximum Gasteiger partial charge on any atom is 0.187 e. The number of methoxy groups -OCH3 is 1. The van der Waals surface area contributed by atoms with Crippen molar-refractivity contribution in [1.82, 2.24) is 10.7 Å². The fraction of sp³-hybridized carbons (Fsp3) is 0.273. The van der Waals surface area contributed by atoms with E-state index in [1.54, 1.807) is 7.11 Å². The standard InChI is InChI=1S/C11H15N3O3S/c1-17-5-4-12-11(18)14-13-7-8-2-3-9(15)6-10(8)16/h2-3,6-7,15-16H,4-5H2,1H3,(H2,12,14,18)/b13-7+. The summed E-state index contributed by atoms with van der Waals surface area (Å²) in [7, 11) is 1.60. The number of phenols is 2. The molecule has 0 aromatic heterocycles. The van der Waals surface area contributed by atoms with E-state index in [0.29, 0.717) is 23.8 Å². The number of hydrogen-bond donors (Lipinski definition) is 4. The van der Waals surface area contributed by atoms with Gasteiger partial charge in [-0.2, -0.15) is 5.10 Å². The highest BCUT2D eigenvalue weighted by molar-refractivity contribution is 7.80. The number of nitrogens with zero attached hydrogens (tertiary/aromatic N) is 1. The van der Waals surface area contributed by atoms with E-state index >= 15 is 0 Å². The smallest absolute Gasteiger partial charge is 0.187 e. The summed E-state index contributed by atoms with van der Waals surface area (Å²) < 4.78 is 4.85. The SMILES string of the molecule is COCCNC(=S)N/N=C/c1ccc(O)cc1O. The molecule has 0 saturated heterocycles. The average molecular weight is 269 g/mol. The van der Waals surface area contributed by atoms with Gasteiger partial charge in [0.25, 0.3) is 0 Å². The number of nitrogens with one attached hydrogen (secondary N) is 2. The second-order valence-electron chi connectivity index (χ2n) is 3.36. The van der Waals surface area contributed by atoms with Crippen molar-refractivity contribution in [1.29, 1.82) is 0 Å². The van der Waals surface area contributed by atoms with Crippen molar-refractivity contribution in [2.45, 2.75) is 0 Å². The molecule has 0 spiro atoms. The topological polar surface area (TPSA) is 86.1 Å². The molecule has 1 rings (SSSR count). The Bertz CT molecular complexity index is 438. The zero-order valence-electron chi connectivity index (χ0n) is 9.88. The molecule has 0 atom stereocenters. The molecular formula is C11H15N3O3S. The Kier molecular flexibility index (Phi) is 5.89. The van der Waals surface area contributed by atoms with Crippen LogP contribution in [0.1, 0.15) is 5.56 Å². The van der Waals surface area contributed by atoms with Gasteiger partial charge in [-0.3, -0.25) is 5.43 Å². The number of thiocarbonyl (C=S) groups is 1. The summed E-state index contributed by atoms with van der Waals surface area (Å²) in [5.41, 5.74) is 3.06. The Morgan fingerprint density at radius 2 is 2.28 bits per heavy atom. The molecule has 0 aliphatic rings. The second-order valence-corrected chi connectivity index (χ2v) is 3.77. The first kappa shape index (κ1) is 14.2. The van der Waals surface area contributed by atoms with Crippen molar-refractivity contribution in [3.63, 3.8) is 0 Å². The lowest BCUT2D eigenvalue weighted by molar-refractivity contribution is 0.204. The van der Waals surface area contributed by atoms with Crippen LogP contribution in [0, 0.1) is 0 Å². The van der Waals surface area contributed by atoms with Gasteiger partial charge in [0, 0.05) is 25.3 Å². The third kappa shape index (κ3) is 4.98. The first-order valence-corrected chi connectivity index (χ1v) is 5.62. The van der Waals surface area contributed by atoms with Gasteiger partial charge in [-0.15, -0.1) is 0 Å². The molecular weight excluding hydrogens is 254 g/mol. The second kappa shape index (κ2) is 7.46. The van der Waals surface area contributed by atoms with Gasteiger partial charge in [-0.25, -0.2) is 0 Å². The van der Waals surface area contributed by atoms with Crippen molar-refractivity contribution in [2.24, 2.45) is 5.10 Å². The molecule has 0 aliphatic heterocycles. The fourth-order valence-electron chi connectivity index (χ4n) is 1.11. The predicted octanol–water partition coefficient (Wildman–Crippen LogP) is 0.542. The van der Waals surface area contributed by atoms with Gasteiger partial charge in [0.2, 0.25) is 0 Å². The lowest BCUT2D eigenvalue weighted by atomic mass is 10.2. The fourth-order valence-corrected chi connectivity index (χ4v) is 1.26. The summed E-state index contributed by atoms with van der Waals surface area (Å²) in [5.74, 6) is -0.0619. The minimum absolute atomic E-state index is 0.00522. The van der Waals surface area contributed by atoms with Crippen LogP contribution in [0.3, 0.4) is 0 Å². The number of rotatable bonds is 5. The molecule has 1 aromatic rings. The molecule has 0 radical (unpaired) electrons. The van der Waals surface area contributed by atoms with Gasteiger partial charge in [0.15, 0.2) is 5.11 Å². The van der Waals surface area contributed by atoms with E-state index in [4.69, 9.17) is 22.1 Å². The zero-order valence-corrected chi connectivity index (χ0v) is 10.7. The summed E-state index contributed by atoms with van der Waals surface area (Å²) in [6.45, 7) is 1.13. The molecule has 0 aliphatic carbocycles. The molecule has 4 N–H and O–H groups in total. The maximum atomic E-state index is 9.49. The van der Waals surface area contributed by atoms with Gasteiger partial charge in [-0.05, 0) is 24.4 Å². The first-order valence-electron chi connectivity index (χ1n) is 5.21. The van der Waals surface area contributed by atoms with Gasteiger partial charge >= 0.3 is 0 Å². The highest BCUT2D eigenvalue weighted by Gasteiger charge is 1.99. The summed E-state index contributed by atoms with van der Waals surface area (Å²) in [4.78, 5) is 0. The van der Waals surface area contributed by atoms with E-state index in [0.717, 1.165) is 0 Å². The van der Waals surface area contributed by atoms with Crippen LogP contribution in [-0.2, 0) is 4.74 Å². The molecule has 0 unspecified atom stereocenters. The summed E-state index contributed by atoms with van der Waals surface area (Å²) in [6, 6.07) is 4.23. The maximum absolute atomic E-state index is 9.49. The minimum Gasteiger partial charge on any atom is -0.508 e. The normalized spacial score (nSPS) is 10.5. The van der Waals surface area contributed by atoms with Crippen molar-refractivity contribution in [2.75, 3.05) is 20.3 Å². The van der Waals surface area contributed by atoms with Crippen LogP contribution < -0.4 is 10.7 Å². The van der Waals surface area contributed by atoms with E-state index in [9.17, 15) is 5.11 Å². The predicted molar refractivity (Wildman–Crippen MR) is 73.0 cm³/mol. The van der Waals surface area contributed by atoms with Gasteiger partial charge in [0.05, 0.1) is 12.8 Å². The molecule has 0 amide bonds. The van der Waals surface area contributed by atoms with Crippen molar-refractivity contribution in [3.05, 3.63) is 23.8 Å². The van der Waals surface area contributed by atoms with E-state index in [1.807, 2.05) is 0 Å². The molecule has 0 saturated carbocycles. The number of hydrogen-bond acceptors (Lipinski definition) is 5. The number of ether oxygens (including phenoxy) is 1. The van der Waals surface area contributed by atoms with Gasteiger partial charge in [-0.1, -0.05) is 0 Å². The van der Waals surface area contributed by atoms with Crippen LogP contribution >= 0.6 is 12.2 Å². The Morgan fingerprint density at radius 3 is 2.94 bits per heavy atom. The molecule has 7 heteroatoms. The number of phenolic OH excluding ortho intramolecular Hbond substituents is 2. The quantitative estimate of drug-likeness (QED) is 0.270. The number of hydrazone groups is 1. The Labute approximate surface area is 110 Å². The van der Waals surface area contributed by atoms with Gasteiger partial charge < -0.3 is 20.3 Å². The Morgan fingerprint density at radius 1 is 1.50 bits per heavy atom. The summed E-state index contributed by atoms with van der Waals surface area (Å²) in [5, 5.41) is 25.7. The highest BCUT2D eigenvalue weighted by Crippen LogP contribution is 2.20. The van der Waals surface area contributed by atoms with Crippen LogP contribution in [0.4, 0.5) is 0 Å². The van der Waals surface area contributed by atoms with Crippen molar-refractivity contribution in [3.8, 4) is 11.5 Å². The van der Waals surface area contributed by atoms with Crippen LogP contribution in [0.25, 0.3) is 0 Å². The van der Waals surface area contributed by atoms with Crippen LogP contribution in [0.15, 0.2) is 23.3 Å². The first-order chi connectivity index (χ1) is 8.63. The third-order valence-corrected chi connectivity index (χ3v) is 2.21. The average Bonchev–Trinajstić information content (AvgIpc) is 2.32. The number of benzene rings is 1. The summed E-state index contributed by atoms with van der Waals surface area (Å²) in [6.07, 6.45) is 1.40. The molecule has 6 nitrogen and oxygen atoms in total. The monoisotopic (exact) mass is 269 g/mol. The van der Waals surface area contributed by atoms with Crippen LogP contribution in [-0.4, -0.2) is 41.8 Å². The molecule has 98 valence electrons.